The van der Waals surface area contributed by atoms with Gasteiger partial charge in [0.05, 0.1) is 12.1 Å². The third kappa shape index (κ3) is 2.23. The van der Waals surface area contributed by atoms with Gasteiger partial charge in [0, 0.05) is 25.5 Å². The quantitative estimate of drug-likeness (QED) is 0.776. The topological polar surface area (TPSA) is 66.3 Å². The number of carbonyl (C=O) groups is 1. The van der Waals surface area contributed by atoms with Crippen molar-refractivity contribution in [3.63, 3.8) is 0 Å². The number of carboxylic acids is 1. The standard InChI is InChI=1S/C10H13N3O2/c14-10(15)8-2-1-5-13(7-8)9-6-11-3-4-12-9/h3-4,6,8H,1-2,5,7H2,(H,14,15). The van der Waals surface area contributed by atoms with E-state index in [0.717, 1.165) is 25.2 Å². The third-order valence-electron chi connectivity index (χ3n) is 2.64. The number of hydrogen-bond donors (Lipinski definition) is 1. The smallest absolute Gasteiger partial charge is 0.308 e. The molecule has 1 fully saturated rings. The van der Waals surface area contributed by atoms with E-state index < -0.39 is 5.97 Å². The van der Waals surface area contributed by atoms with Gasteiger partial charge in [-0.1, -0.05) is 0 Å². The van der Waals surface area contributed by atoms with Crippen LogP contribution in [0.25, 0.3) is 0 Å². The van der Waals surface area contributed by atoms with E-state index in [9.17, 15) is 4.79 Å². The molecule has 0 saturated carbocycles. The van der Waals surface area contributed by atoms with Crippen molar-refractivity contribution in [2.45, 2.75) is 12.8 Å². The normalized spacial score (nSPS) is 21.3. The van der Waals surface area contributed by atoms with Crippen LogP contribution in [-0.2, 0) is 4.79 Å². The van der Waals surface area contributed by atoms with E-state index in [2.05, 4.69) is 9.97 Å². The van der Waals surface area contributed by atoms with Crippen LogP contribution in [0.15, 0.2) is 18.6 Å². The number of hydrogen-bond acceptors (Lipinski definition) is 4. The molecule has 15 heavy (non-hydrogen) atoms. The summed E-state index contributed by atoms with van der Waals surface area (Å²) in [5.41, 5.74) is 0. The summed E-state index contributed by atoms with van der Waals surface area (Å²) in [7, 11) is 0. The molecule has 1 aromatic heterocycles. The molecule has 0 radical (unpaired) electrons. The molecule has 1 saturated heterocycles. The molecule has 5 nitrogen and oxygen atoms in total. The predicted molar refractivity (Wildman–Crippen MR) is 54.6 cm³/mol. The zero-order valence-corrected chi connectivity index (χ0v) is 8.33. The molecule has 1 aliphatic heterocycles. The van der Waals surface area contributed by atoms with Crippen LogP contribution in [-0.4, -0.2) is 34.1 Å². The summed E-state index contributed by atoms with van der Waals surface area (Å²) in [5.74, 6) is -0.229. The van der Waals surface area contributed by atoms with Gasteiger partial charge in [-0.15, -0.1) is 0 Å². The molecular weight excluding hydrogens is 194 g/mol. The maximum Gasteiger partial charge on any atom is 0.308 e. The zero-order chi connectivity index (χ0) is 10.7. The van der Waals surface area contributed by atoms with Gasteiger partial charge in [-0.05, 0) is 12.8 Å². The minimum Gasteiger partial charge on any atom is -0.481 e. The Bertz CT molecular complexity index is 342. The number of aliphatic carboxylic acids is 1. The van der Waals surface area contributed by atoms with E-state index in [1.807, 2.05) is 4.90 Å². The predicted octanol–water partition coefficient (Wildman–Crippen LogP) is 0.778. The Morgan fingerprint density at radius 1 is 1.53 bits per heavy atom. The number of piperidine rings is 1. The molecule has 1 aromatic rings. The number of aromatic nitrogens is 2. The van der Waals surface area contributed by atoms with E-state index in [1.54, 1.807) is 18.6 Å². The molecule has 1 N–H and O–H groups in total. The van der Waals surface area contributed by atoms with Crippen LogP contribution >= 0.6 is 0 Å². The average Bonchev–Trinajstić information content (AvgIpc) is 2.30. The average molecular weight is 207 g/mol. The van der Waals surface area contributed by atoms with Crippen molar-refractivity contribution in [3.05, 3.63) is 18.6 Å². The largest absolute Gasteiger partial charge is 0.481 e. The highest BCUT2D eigenvalue weighted by Crippen LogP contribution is 2.20. The molecule has 5 heteroatoms. The van der Waals surface area contributed by atoms with Crippen molar-refractivity contribution in [1.29, 1.82) is 0 Å². The summed E-state index contributed by atoms with van der Waals surface area (Å²) in [6.07, 6.45) is 6.56. The first-order valence-corrected chi connectivity index (χ1v) is 5.01. The van der Waals surface area contributed by atoms with Crippen LogP contribution in [0, 0.1) is 5.92 Å². The Balaban J connectivity index is 2.08. The lowest BCUT2D eigenvalue weighted by Crippen LogP contribution is -2.39. The van der Waals surface area contributed by atoms with Gasteiger partial charge < -0.3 is 10.0 Å². The van der Waals surface area contributed by atoms with Crippen molar-refractivity contribution < 1.29 is 9.90 Å². The molecule has 1 unspecified atom stereocenters. The first kappa shape index (κ1) is 9.89. The van der Waals surface area contributed by atoms with Crippen molar-refractivity contribution in [1.82, 2.24) is 9.97 Å². The summed E-state index contributed by atoms with van der Waals surface area (Å²) in [6.45, 7) is 1.40. The minimum absolute atomic E-state index is 0.277. The molecule has 1 aliphatic rings. The van der Waals surface area contributed by atoms with E-state index >= 15 is 0 Å². The van der Waals surface area contributed by atoms with Crippen LogP contribution < -0.4 is 4.90 Å². The molecule has 0 amide bonds. The van der Waals surface area contributed by atoms with Crippen molar-refractivity contribution in [2.75, 3.05) is 18.0 Å². The summed E-state index contributed by atoms with van der Waals surface area (Å²) in [4.78, 5) is 21.0. The molecule has 0 aliphatic carbocycles. The highest BCUT2D eigenvalue weighted by atomic mass is 16.4. The zero-order valence-electron chi connectivity index (χ0n) is 8.33. The van der Waals surface area contributed by atoms with Gasteiger partial charge in [0.25, 0.3) is 0 Å². The third-order valence-corrected chi connectivity index (χ3v) is 2.64. The molecule has 2 heterocycles. The van der Waals surface area contributed by atoms with Crippen LogP contribution in [0.1, 0.15) is 12.8 Å². The first-order valence-electron chi connectivity index (χ1n) is 5.01. The second-order valence-corrected chi connectivity index (χ2v) is 3.69. The van der Waals surface area contributed by atoms with Gasteiger partial charge in [0.1, 0.15) is 5.82 Å². The van der Waals surface area contributed by atoms with E-state index in [0.29, 0.717) is 6.54 Å². The van der Waals surface area contributed by atoms with Crippen LogP contribution in [0.4, 0.5) is 5.82 Å². The summed E-state index contributed by atoms with van der Waals surface area (Å²) in [6, 6.07) is 0. The first-order chi connectivity index (χ1) is 7.27. The second-order valence-electron chi connectivity index (χ2n) is 3.69. The van der Waals surface area contributed by atoms with Crippen molar-refractivity contribution >= 4 is 11.8 Å². The Morgan fingerprint density at radius 2 is 2.40 bits per heavy atom. The number of carboxylic acid groups (broad SMARTS) is 1. The van der Waals surface area contributed by atoms with Crippen LogP contribution in [0.2, 0.25) is 0 Å². The van der Waals surface area contributed by atoms with Crippen molar-refractivity contribution in [2.24, 2.45) is 5.92 Å². The number of anilines is 1. The lowest BCUT2D eigenvalue weighted by molar-refractivity contribution is -0.141. The molecule has 2 rings (SSSR count). The van der Waals surface area contributed by atoms with Crippen LogP contribution in [0.5, 0.6) is 0 Å². The van der Waals surface area contributed by atoms with Gasteiger partial charge in [0.2, 0.25) is 0 Å². The molecule has 0 spiro atoms. The molecule has 80 valence electrons. The Labute approximate surface area is 87.8 Å². The highest BCUT2D eigenvalue weighted by Gasteiger charge is 2.25. The van der Waals surface area contributed by atoms with Gasteiger partial charge >= 0.3 is 5.97 Å². The van der Waals surface area contributed by atoms with Gasteiger partial charge in [-0.25, -0.2) is 4.98 Å². The monoisotopic (exact) mass is 207 g/mol. The second kappa shape index (κ2) is 4.25. The van der Waals surface area contributed by atoms with E-state index in [1.165, 1.54) is 0 Å². The fourth-order valence-electron chi connectivity index (χ4n) is 1.84. The van der Waals surface area contributed by atoms with E-state index in [4.69, 9.17) is 5.11 Å². The Kier molecular flexibility index (Phi) is 2.80. The van der Waals surface area contributed by atoms with Gasteiger partial charge in [0.15, 0.2) is 0 Å². The number of rotatable bonds is 2. The summed E-state index contributed by atoms with van der Waals surface area (Å²) in [5, 5.41) is 8.94. The maximum absolute atomic E-state index is 10.9. The fraction of sp³-hybridized carbons (Fsp3) is 0.500. The molecule has 0 aromatic carbocycles. The summed E-state index contributed by atoms with van der Waals surface area (Å²) >= 11 is 0. The minimum atomic E-state index is -0.719. The van der Waals surface area contributed by atoms with Gasteiger partial charge in [-0.2, -0.15) is 0 Å². The van der Waals surface area contributed by atoms with Crippen LogP contribution in [0.3, 0.4) is 0 Å². The fourth-order valence-corrected chi connectivity index (χ4v) is 1.84. The van der Waals surface area contributed by atoms with Crippen molar-refractivity contribution in [3.8, 4) is 0 Å². The molecule has 1 atom stereocenters. The van der Waals surface area contributed by atoms with Gasteiger partial charge in [-0.3, -0.25) is 9.78 Å². The van der Waals surface area contributed by atoms with E-state index in [-0.39, 0.29) is 5.92 Å². The Hall–Kier alpha value is -1.65. The molecule has 0 bridgehead atoms. The lowest BCUT2D eigenvalue weighted by Gasteiger charge is -2.31. The summed E-state index contributed by atoms with van der Waals surface area (Å²) < 4.78 is 0. The number of nitrogens with zero attached hydrogens (tertiary/aromatic N) is 3. The Morgan fingerprint density at radius 3 is 3.07 bits per heavy atom. The lowest BCUT2D eigenvalue weighted by atomic mass is 9.98. The maximum atomic E-state index is 10.9. The SMILES string of the molecule is O=C(O)C1CCCN(c2cnccn2)C1. The highest BCUT2D eigenvalue weighted by molar-refractivity contribution is 5.71. The molecular formula is C10H13N3O2.